The van der Waals surface area contributed by atoms with E-state index in [2.05, 4.69) is 70.9 Å². The highest BCUT2D eigenvalue weighted by atomic mass is 35.5. The van der Waals surface area contributed by atoms with Crippen molar-refractivity contribution in [3.63, 3.8) is 0 Å². The quantitative estimate of drug-likeness (QED) is 0.577. The molecule has 0 radical (unpaired) electrons. The van der Waals surface area contributed by atoms with Crippen LogP contribution in [-0.4, -0.2) is 48.1 Å². The predicted molar refractivity (Wildman–Crippen MR) is 129 cm³/mol. The van der Waals surface area contributed by atoms with Crippen LogP contribution in [0, 0.1) is 0 Å². The molecule has 5 heteroatoms. The van der Waals surface area contributed by atoms with Crippen LogP contribution in [0.3, 0.4) is 0 Å². The predicted octanol–water partition coefficient (Wildman–Crippen LogP) is 5.31. The standard InChI is InChI=1S/C27H28ClN3O/c28-23-13-11-22(12-14-23)26(21-9-5-2-6-10-21)30-15-17-31(18-16-30)27(32)29-25-19-24(25)20-7-3-1-4-8-20/h1-14,24-26H,15-19H2,(H,29,32)/t24-,25-,26+/m0/s1. The Bertz CT molecular complexity index is 1030. The Morgan fingerprint density at radius 1 is 0.812 bits per heavy atom. The van der Waals surface area contributed by atoms with E-state index in [9.17, 15) is 4.79 Å². The first-order valence-corrected chi connectivity index (χ1v) is 11.7. The molecule has 1 N–H and O–H groups in total. The molecule has 5 rings (SSSR count). The normalized spacial score (nSPS) is 21.7. The first kappa shape index (κ1) is 21.0. The number of hydrogen-bond acceptors (Lipinski definition) is 2. The minimum atomic E-state index is 0.0656. The fourth-order valence-electron chi connectivity index (χ4n) is 4.75. The highest BCUT2D eigenvalue weighted by molar-refractivity contribution is 6.30. The number of nitrogens with zero attached hydrogens (tertiary/aromatic N) is 2. The van der Waals surface area contributed by atoms with Crippen LogP contribution < -0.4 is 5.32 Å². The molecule has 3 aromatic rings. The van der Waals surface area contributed by atoms with Crippen molar-refractivity contribution in [1.82, 2.24) is 15.1 Å². The summed E-state index contributed by atoms with van der Waals surface area (Å²) in [7, 11) is 0. The van der Waals surface area contributed by atoms with Crippen molar-refractivity contribution in [3.8, 4) is 0 Å². The molecule has 0 spiro atoms. The molecule has 3 aromatic carbocycles. The number of carbonyl (C=O) groups excluding carboxylic acids is 1. The summed E-state index contributed by atoms with van der Waals surface area (Å²) in [4.78, 5) is 17.3. The summed E-state index contributed by atoms with van der Waals surface area (Å²) in [5.41, 5.74) is 3.80. The van der Waals surface area contributed by atoms with Gasteiger partial charge in [0.25, 0.3) is 0 Å². The molecule has 0 bridgehead atoms. The molecule has 0 aromatic heterocycles. The molecule has 2 aliphatic rings. The van der Waals surface area contributed by atoms with Crippen LogP contribution in [-0.2, 0) is 0 Å². The maximum Gasteiger partial charge on any atom is 0.317 e. The number of piperazine rings is 1. The van der Waals surface area contributed by atoms with Crippen molar-refractivity contribution >= 4 is 17.6 Å². The molecular formula is C27H28ClN3O. The number of benzene rings is 3. The topological polar surface area (TPSA) is 35.6 Å². The van der Waals surface area contributed by atoms with Gasteiger partial charge in [-0.1, -0.05) is 84.4 Å². The zero-order valence-electron chi connectivity index (χ0n) is 18.0. The van der Waals surface area contributed by atoms with Gasteiger partial charge in [0.2, 0.25) is 0 Å². The van der Waals surface area contributed by atoms with Gasteiger partial charge in [-0.2, -0.15) is 0 Å². The molecule has 2 fully saturated rings. The summed E-state index contributed by atoms with van der Waals surface area (Å²) in [5, 5.41) is 3.99. The summed E-state index contributed by atoms with van der Waals surface area (Å²) in [6.45, 7) is 3.13. The van der Waals surface area contributed by atoms with E-state index >= 15 is 0 Å². The van der Waals surface area contributed by atoms with Crippen molar-refractivity contribution in [3.05, 3.63) is 107 Å². The minimum Gasteiger partial charge on any atom is -0.335 e. The first-order valence-electron chi connectivity index (χ1n) is 11.3. The van der Waals surface area contributed by atoms with Gasteiger partial charge in [0, 0.05) is 43.2 Å². The lowest BCUT2D eigenvalue weighted by Crippen LogP contribution is -2.53. The van der Waals surface area contributed by atoms with E-state index in [1.807, 2.05) is 29.2 Å². The number of hydrogen-bond donors (Lipinski definition) is 1. The van der Waals surface area contributed by atoms with Gasteiger partial charge in [-0.3, -0.25) is 4.90 Å². The third-order valence-corrected chi connectivity index (χ3v) is 6.85. The molecule has 3 atom stereocenters. The highest BCUT2D eigenvalue weighted by Gasteiger charge is 2.40. The number of amides is 2. The number of carbonyl (C=O) groups is 1. The minimum absolute atomic E-state index is 0.0656. The summed E-state index contributed by atoms with van der Waals surface area (Å²) >= 11 is 6.13. The van der Waals surface area contributed by atoms with Crippen LogP contribution in [0.1, 0.15) is 35.1 Å². The Morgan fingerprint density at radius 2 is 1.41 bits per heavy atom. The lowest BCUT2D eigenvalue weighted by Gasteiger charge is -2.39. The van der Waals surface area contributed by atoms with Crippen LogP contribution in [0.2, 0.25) is 5.02 Å². The maximum absolute atomic E-state index is 12.9. The number of urea groups is 1. The fraction of sp³-hybridized carbons (Fsp3) is 0.296. The second-order valence-corrected chi connectivity index (χ2v) is 9.13. The number of halogens is 1. The molecule has 4 nitrogen and oxygen atoms in total. The van der Waals surface area contributed by atoms with Crippen molar-refractivity contribution in [2.75, 3.05) is 26.2 Å². The largest absolute Gasteiger partial charge is 0.335 e. The van der Waals surface area contributed by atoms with Gasteiger partial charge in [-0.15, -0.1) is 0 Å². The van der Waals surface area contributed by atoms with E-state index in [-0.39, 0.29) is 18.1 Å². The highest BCUT2D eigenvalue weighted by Crippen LogP contribution is 2.40. The Labute approximate surface area is 194 Å². The van der Waals surface area contributed by atoms with E-state index < -0.39 is 0 Å². The van der Waals surface area contributed by atoms with Gasteiger partial charge < -0.3 is 10.2 Å². The molecule has 2 amide bonds. The van der Waals surface area contributed by atoms with Gasteiger partial charge >= 0.3 is 6.03 Å². The number of nitrogens with one attached hydrogen (secondary N) is 1. The van der Waals surface area contributed by atoms with E-state index in [4.69, 9.17) is 11.6 Å². The molecule has 1 saturated heterocycles. The summed E-state index contributed by atoms with van der Waals surface area (Å²) in [6, 6.07) is 29.6. The van der Waals surface area contributed by atoms with Crippen molar-refractivity contribution in [1.29, 1.82) is 0 Å². The summed E-state index contributed by atoms with van der Waals surface area (Å²) < 4.78 is 0. The Hall–Kier alpha value is -2.82. The molecule has 1 aliphatic heterocycles. The average Bonchev–Trinajstić information content (AvgIpc) is 3.61. The van der Waals surface area contributed by atoms with E-state index in [1.165, 1.54) is 16.7 Å². The summed E-state index contributed by atoms with van der Waals surface area (Å²) in [5.74, 6) is 0.453. The summed E-state index contributed by atoms with van der Waals surface area (Å²) in [6.07, 6.45) is 1.03. The van der Waals surface area contributed by atoms with Crippen LogP contribution in [0.25, 0.3) is 0 Å². The average molecular weight is 446 g/mol. The second kappa shape index (κ2) is 9.35. The van der Waals surface area contributed by atoms with Gasteiger partial charge in [0.15, 0.2) is 0 Å². The Kier molecular flexibility index (Phi) is 6.15. The van der Waals surface area contributed by atoms with E-state index in [0.717, 1.165) is 37.6 Å². The molecule has 32 heavy (non-hydrogen) atoms. The molecule has 164 valence electrons. The van der Waals surface area contributed by atoms with Crippen LogP contribution >= 0.6 is 11.6 Å². The Morgan fingerprint density at radius 3 is 2.06 bits per heavy atom. The second-order valence-electron chi connectivity index (χ2n) is 8.70. The van der Waals surface area contributed by atoms with Gasteiger partial charge in [-0.05, 0) is 35.2 Å². The lowest BCUT2D eigenvalue weighted by molar-refractivity contribution is 0.120. The lowest BCUT2D eigenvalue weighted by atomic mass is 9.96. The van der Waals surface area contributed by atoms with Crippen LogP contribution in [0.4, 0.5) is 4.79 Å². The van der Waals surface area contributed by atoms with Gasteiger partial charge in [0.05, 0.1) is 6.04 Å². The molecule has 1 heterocycles. The SMILES string of the molecule is O=C(N[C@H]1C[C@H]1c1ccccc1)N1CCN([C@H](c2ccccc2)c2ccc(Cl)cc2)CC1. The van der Waals surface area contributed by atoms with Crippen molar-refractivity contribution in [2.24, 2.45) is 0 Å². The smallest absolute Gasteiger partial charge is 0.317 e. The third-order valence-electron chi connectivity index (χ3n) is 6.59. The first-order chi connectivity index (χ1) is 15.7. The molecular weight excluding hydrogens is 418 g/mol. The Balaban J connectivity index is 1.22. The van der Waals surface area contributed by atoms with Crippen LogP contribution in [0.5, 0.6) is 0 Å². The van der Waals surface area contributed by atoms with E-state index in [1.54, 1.807) is 0 Å². The molecule has 1 aliphatic carbocycles. The van der Waals surface area contributed by atoms with Gasteiger partial charge in [0.1, 0.15) is 0 Å². The molecule has 1 saturated carbocycles. The maximum atomic E-state index is 12.9. The van der Waals surface area contributed by atoms with Crippen LogP contribution in [0.15, 0.2) is 84.9 Å². The van der Waals surface area contributed by atoms with Crippen molar-refractivity contribution < 1.29 is 4.79 Å². The molecule has 0 unspecified atom stereocenters. The zero-order chi connectivity index (χ0) is 21.9. The monoisotopic (exact) mass is 445 g/mol. The fourth-order valence-corrected chi connectivity index (χ4v) is 4.88. The zero-order valence-corrected chi connectivity index (χ0v) is 18.8. The third kappa shape index (κ3) is 4.67. The van der Waals surface area contributed by atoms with Gasteiger partial charge in [-0.25, -0.2) is 4.79 Å². The van der Waals surface area contributed by atoms with E-state index in [0.29, 0.717) is 5.92 Å². The number of rotatable bonds is 5. The van der Waals surface area contributed by atoms with Crippen molar-refractivity contribution in [2.45, 2.75) is 24.4 Å².